The fraction of sp³-hybridized carbons (Fsp3) is 0.684. The van der Waals surface area contributed by atoms with Crippen LogP contribution >= 0.6 is 0 Å². The largest absolute Gasteiger partial charge is 0.368 e. The zero-order valence-corrected chi connectivity index (χ0v) is 14.7. The minimum Gasteiger partial charge on any atom is -0.368 e. The molecule has 0 heterocycles. The molecule has 1 N–H and O–H groups in total. The fourth-order valence-electron chi connectivity index (χ4n) is 2.91. The average Bonchev–Trinajstić information content (AvgIpc) is 2.48. The average molecular weight is 290 g/mol. The van der Waals surface area contributed by atoms with E-state index in [4.69, 9.17) is 0 Å². The number of anilines is 1. The third kappa shape index (κ3) is 5.70. The highest BCUT2D eigenvalue weighted by atomic mass is 15.2. The Bertz CT molecular complexity index is 383. The topological polar surface area (TPSA) is 15.3 Å². The van der Waals surface area contributed by atoms with Gasteiger partial charge in [0.05, 0.1) is 0 Å². The van der Waals surface area contributed by atoms with Gasteiger partial charge in [-0.1, -0.05) is 52.8 Å². The second-order valence-corrected chi connectivity index (χ2v) is 6.32. The minimum atomic E-state index is 0.639. The Kier molecular flexibility index (Phi) is 8.44. The van der Waals surface area contributed by atoms with Gasteiger partial charge in [-0.15, -0.1) is 0 Å². The van der Waals surface area contributed by atoms with Crippen LogP contribution < -0.4 is 10.2 Å². The van der Waals surface area contributed by atoms with Crippen molar-refractivity contribution in [3.05, 3.63) is 29.8 Å². The maximum atomic E-state index is 3.55. The van der Waals surface area contributed by atoms with Crippen LogP contribution in [-0.2, 0) is 6.54 Å². The van der Waals surface area contributed by atoms with E-state index in [9.17, 15) is 0 Å². The molecule has 0 aliphatic heterocycles. The monoisotopic (exact) mass is 290 g/mol. The Morgan fingerprint density at radius 3 is 2.29 bits per heavy atom. The Morgan fingerprint density at radius 1 is 1.05 bits per heavy atom. The Hall–Kier alpha value is -1.02. The molecule has 0 spiro atoms. The number of nitrogens with one attached hydrogen (secondary N) is 1. The van der Waals surface area contributed by atoms with Crippen molar-refractivity contribution in [2.45, 2.75) is 66.5 Å². The third-order valence-corrected chi connectivity index (χ3v) is 3.99. The van der Waals surface area contributed by atoms with Gasteiger partial charge in [-0.2, -0.15) is 0 Å². The van der Waals surface area contributed by atoms with Gasteiger partial charge >= 0.3 is 0 Å². The molecule has 2 heteroatoms. The van der Waals surface area contributed by atoms with Gasteiger partial charge in [-0.3, -0.25) is 0 Å². The molecule has 0 unspecified atom stereocenters. The van der Waals surface area contributed by atoms with E-state index in [1.54, 1.807) is 0 Å². The summed E-state index contributed by atoms with van der Waals surface area (Å²) in [5.74, 6) is 0.683. The van der Waals surface area contributed by atoms with Gasteiger partial charge in [0.2, 0.25) is 0 Å². The van der Waals surface area contributed by atoms with Crippen molar-refractivity contribution < 1.29 is 0 Å². The smallest absolute Gasteiger partial charge is 0.0414 e. The van der Waals surface area contributed by atoms with Crippen molar-refractivity contribution in [2.24, 2.45) is 5.92 Å². The molecular weight excluding hydrogens is 256 g/mol. The molecule has 0 saturated carbocycles. The quantitative estimate of drug-likeness (QED) is 0.620. The summed E-state index contributed by atoms with van der Waals surface area (Å²) in [6.07, 6.45) is 3.60. The lowest BCUT2D eigenvalue weighted by atomic mass is 10.0. The van der Waals surface area contributed by atoms with Crippen LogP contribution in [0.5, 0.6) is 0 Å². The van der Waals surface area contributed by atoms with Gasteiger partial charge < -0.3 is 10.2 Å². The predicted molar refractivity (Wildman–Crippen MR) is 95.0 cm³/mol. The second-order valence-electron chi connectivity index (χ2n) is 6.32. The SMILES string of the molecule is CCCNCc1ccccc1N(CC(C)C)C(CC)CC. The van der Waals surface area contributed by atoms with E-state index in [0.717, 1.165) is 19.6 Å². The van der Waals surface area contributed by atoms with E-state index < -0.39 is 0 Å². The molecule has 21 heavy (non-hydrogen) atoms. The highest BCUT2D eigenvalue weighted by molar-refractivity contribution is 5.54. The number of benzene rings is 1. The Labute approximate surface area is 131 Å². The number of rotatable bonds is 10. The summed E-state index contributed by atoms with van der Waals surface area (Å²) >= 11 is 0. The van der Waals surface area contributed by atoms with Crippen LogP contribution in [-0.4, -0.2) is 19.1 Å². The zero-order chi connectivity index (χ0) is 15.7. The molecule has 0 amide bonds. The van der Waals surface area contributed by atoms with E-state index in [-0.39, 0.29) is 0 Å². The van der Waals surface area contributed by atoms with E-state index >= 15 is 0 Å². The summed E-state index contributed by atoms with van der Waals surface area (Å²) in [7, 11) is 0. The maximum Gasteiger partial charge on any atom is 0.0414 e. The van der Waals surface area contributed by atoms with Gasteiger partial charge in [-0.05, 0) is 43.4 Å². The molecule has 0 atom stereocenters. The van der Waals surface area contributed by atoms with E-state index in [1.807, 2.05) is 0 Å². The van der Waals surface area contributed by atoms with Crippen molar-refractivity contribution in [1.29, 1.82) is 0 Å². The van der Waals surface area contributed by atoms with Gasteiger partial charge in [0.15, 0.2) is 0 Å². The summed E-state index contributed by atoms with van der Waals surface area (Å²) in [6, 6.07) is 9.54. The van der Waals surface area contributed by atoms with Crippen LogP contribution in [0.1, 0.15) is 59.4 Å². The first-order valence-corrected chi connectivity index (χ1v) is 8.69. The second kappa shape index (κ2) is 9.83. The number of hydrogen-bond donors (Lipinski definition) is 1. The molecule has 1 rings (SSSR count). The summed E-state index contributed by atoms with van der Waals surface area (Å²) in [4.78, 5) is 2.63. The van der Waals surface area contributed by atoms with Crippen molar-refractivity contribution in [3.63, 3.8) is 0 Å². The molecule has 0 aliphatic carbocycles. The molecule has 0 aliphatic rings. The van der Waals surface area contributed by atoms with E-state index in [2.05, 4.69) is 69.1 Å². The van der Waals surface area contributed by atoms with Crippen molar-refractivity contribution in [1.82, 2.24) is 5.32 Å². The van der Waals surface area contributed by atoms with Gasteiger partial charge in [0.25, 0.3) is 0 Å². The molecule has 0 radical (unpaired) electrons. The van der Waals surface area contributed by atoms with Crippen LogP contribution in [0.15, 0.2) is 24.3 Å². The third-order valence-electron chi connectivity index (χ3n) is 3.99. The van der Waals surface area contributed by atoms with Gasteiger partial charge in [-0.25, -0.2) is 0 Å². The summed E-state index contributed by atoms with van der Waals surface area (Å²) in [6.45, 7) is 14.6. The highest BCUT2D eigenvalue weighted by Crippen LogP contribution is 2.26. The van der Waals surface area contributed by atoms with Crippen molar-refractivity contribution in [3.8, 4) is 0 Å². The standard InChI is InChI=1S/C19H34N2/c1-6-13-20-14-17-11-9-10-12-19(17)21(15-16(4)5)18(7-2)8-3/h9-12,16,18,20H,6-8,13-15H2,1-5H3. The molecule has 0 saturated heterocycles. The molecule has 2 nitrogen and oxygen atoms in total. The lowest BCUT2D eigenvalue weighted by Crippen LogP contribution is -2.38. The number of hydrogen-bond acceptors (Lipinski definition) is 2. The molecule has 1 aromatic carbocycles. The van der Waals surface area contributed by atoms with Crippen LogP contribution in [0.3, 0.4) is 0 Å². The summed E-state index contributed by atoms with van der Waals surface area (Å²) in [5, 5.41) is 3.55. The minimum absolute atomic E-state index is 0.639. The predicted octanol–water partition coefficient (Wildman–Crippen LogP) is 4.84. The van der Waals surface area contributed by atoms with Gasteiger partial charge in [0, 0.05) is 24.8 Å². The lowest BCUT2D eigenvalue weighted by molar-refractivity contribution is 0.505. The van der Waals surface area contributed by atoms with Crippen molar-refractivity contribution in [2.75, 3.05) is 18.0 Å². The normalized spacial score (nSPS) is 11.4. The first-order chi connectivity index (χ1) is 10.1. The van der Waals surface area contributed by atoms with Crippen LogP contribution in [0.2, 0.25) is 0 Å². The molecular formula is C19H34N2. The fourth-order valence-corrected chi connectivity index (χ4v) is 2.91. The summed E-state index contributed by atoms with van der Waals surface area (Å²) in [5.41, 5.74) is 2.85. The molecule has 0 fully saturated rings. The van der Waals surface area contributed by atoms with Crippen molar-refractivity contribution >= 4 is 5.69 Å². The highest BCUT2D eigenvalue weighted by Gasteiger charge is 2.19. The lowest BCUT2D eigenvalue weighted by Gasteiger charge is -2.35. The summed E-state index contributed by atoms with van der Waals surface area (Å²) < 4.78 is 0. The Morgan fingerprint density at radius 2 is 1.71 bits per heavy atom. The molecule has 1 aromatic rings. The molecule has 0 aromatic heterocycles. The number of nitrogens with zero attached hydrogens (tertiary/aromatic N) is 1. The van der Waals surface area contributed by atoms with Gasteiger partial charge in [0.1, 0.15) is 0 Å². The first-order valence-electron chi connectivity index (χ1n) is 8.69. The van der Waals surface area contributed by atoms with Crippen LogP contribution in [0, 0.1) is 5.92 Å². The van der Waals surface area contributed by atoms with Crippen LogP contribution in [0.4, 0.5) is 5.69 Å². The zero-order valence-electron chi connectivity index (χ0n) is 14.7. The van der Waals surface area contributed by atoms with E-state index in [0.29, 0.717) is 12.0 Å². The maximum absolute atomic E-state index is 3.55. The molecule has 120 valence electrons. The first kappa shape index (κ1) is 18.0. The molecule has 0 bridgehead atoms. The van der Waals surface area contributed by atoms with E-state index in [1.165, 1.54) is 30.5 Å². The Balaban J connectivity index is 2.99. The van der Waals surface area contributed by atoms with Crippen LogP contribution in [0.25, 0.3) is 0 Å². The number of para-hydroxylation sites is 1.